The van der Waals surface area contributed by atoms with Gasteiger partial charge in [-0.3, -0.25) is 9.20 Å². The molecule has 4 rings (SSSR count). The van der Waals surface area contributed by atoms with Gasteiger partial charge in [-0.25, -0.2) is 13.8 Å². The number of imidazole rings is 1. The second kappa shape index (κ2) is 8.46. The summed E-state index contributed by atoms with van der Waals surface area (Å²) in [6.07, 6.45) is 3.71. The average molecular weight is 452 g/mol. The quantitative estimate of drug-likeness (QED) is 0.392. The molecule has 0 aliphatic rings. The maximum absolute atomic E-state index is 14.0. The van der Waals surface area contributed by atoms with Crippen LogP contribution in [0.2, 0.25) is 0 Å². The molecular weight excluding hydrogens is 424 g/mol. The number of aryl methyl sites for hydroxylation is 2. The summed E-state index contributed by atoms with van der Waals surface area (Å²) < 4.78 is 37.5. The van der Waals surface area contributed by atoms with Crippen molar-refractivity contribution in [2.24, 2.45) is 5.41 Å². The van der Waals surface area contributed by atoms with Gasteiger partial charge in [-0.15, -0.1) is 0 Å². The zero-order chi connectivity index (χ0) is 23.9. The second-order valence-electron chi connectivity index (χ2n) is 9.55. The van der Waals surface area contributed by atoms with Gasteiger partial charge in [0.25, 0.3) is 5.56 Å². The van der Waals surface area contributed by atoms with Gasteiger partial charge in [-0.05, 0) is 49.1 Å². The Bertz CT molecular complexity index is 1380. The van der Waals surface area contributed by atoms with Crippen LogP contribution >= 0.6 is 0 Å². The molecule has 0 N–H and O–H groups in total. The maximum atomic E-state index is 14.0. The monoisotopic (exact) mass is 451 g/mol. The van der Waals surface area contributed by atoms with E-state index in [0.29, 0.717) is 17.9 Å². The van der Waals surface area contributed by atoms with Crippen LogP contribution in [-0.4, -0.2) is 14.0 Å². The van der Waals surface area contributed by atoms with E-state index < -0.39 is 11.6 Å². The Morgan fingerprint density at radius 2 is 1.76 bits per heavy atom. The van der Waals surface area contributed by atoms with Gasteiger partial charge in [-0.2, -0.15) is 0 Å². The van der Waals surface area contributed by atoms with Gasteiger partial charge in [0.15, 0.2) is 11.4 Å². The van der Waals surface area contributed by atoms with E-state index in [1.54, 1.807) is 22.9 Å². The van der Waals surface area contributed by atoms with Crippen molar-refractivity contribution in [3.63, 3.8) is 0 Å². The van der Waals surface area contributed by atoms with Gasteiger partial charge in [0.2, 0.25) is 0 Å². The molecule has 172 valence electrons. The van der Waals surface area contributed by atoms with E-state index in [4.69, 9.17) is 4.74 Å². The van der Waals surface area contributed by atoms with Gasteiger partial charge >= 0.3 is 0 Å². The van der Waals surface area contributed by atoms with Crippen LogP contribution < -0.4 is 10.3 Å². The molecule has 0 unspecified atom stereocenters. The number of benzene rings is 1. The Labute approximate surface area is 191 Å². The first-order valence-electron chi connectivity index (χ1n) is 10.8. The van der Waals surface area contributed by atoms with E-state index in [-0.39, 0.29) is 23.1 Å². The molecular formula is C26H27F2N3O2. The summed E-state index contributed by atoms with van der Waals surface area (Å²) in [5, 5.41) is 0. The molecule has 0 aliphatic carbocycles. The Hall–Kier alpha value is -3.48. The van der Waals surface area contributed by atoms with E-state index in [0.717, 1.165) is 22.5 Å². The molecule has 4 aromatic rings. The zero-order valence-corrected chi connectivity index (χ0v) is 19.4. The summed E-state index contributed by atoms with van der Waals surface area (Å²) in [5.41, 5.74) is 3.39. The van der Waals surface area contributed by atoms with Crippen LogP contribution in [0, 0.1) is 30.9 Å². The van der Waals surface area contributed by atoms with Gasteiger partial charge in [0.1, 0.15) is 18.2 Å². The van der Waals surface area contributed by atoms with Crippen molar-refractivity contribution in [3.05, 3.63) is 87.6 Å². The lowest BCUT2D eigenvalue weighted by atomic mass is 9.97. The zero-order valence-electron chi connectivity index (χ0n) is 19.4. The van der Waals surface area contributed by atoms with E-state index in [2.05, 4.69) is 25.8 Å². The second-order valence-corrected chi connectivity index (χ2v) is 9.55. The first-order valence-corrected chi connectivity index (χ1v) is 10.8. The van der Waals surface area contributed by atoms with Gasteiger partial charge in [-0.1, -0.05) is 26.8 Å². The highest BCUT2D eigenvalue weighted by molar-refractivity contribution is 5.70. The first kappa shape index (κ1) is 22.7. The molecule has 0 atom stereocenters. The molecule has 0 radical (unpaired) electrons. The van der Waals surface area contributed by atoms with Crippen molar-refractivity contribution in [1.82, 2.24) is 14.0 Å². The lowest BCUT2D eigenvalue weighted by Gasteiger charge is -2.19. The van der Waals surface area contributed by atoms with Crippen molar-refractivity contribution in [2.75, 3.05) is 0 Å². The average Bonchev–Trinajstić information content (AvgIpc) is 3.04. The number of halogens is 2. The van der Waals surface area contributed by atoms with Gasteiger partial charge < -0.3 is 9.30 Å². The highest BCUT2D eigenvalue weighted by Gasteiger charge is 2.18. The molecule has 0 saturated carbocycles. The van der Waals surface area contributed by atoms with Gasteiger partial charge in [0.05, 0.1) is 17.0 Å². The largest absolute Gasteiger partial charge is 0.485 e. The van der Waals surface area contributed by atoms with E-state index >= 15 is 0 Å². The van der Waals surface area contributed by atoms with Crippen LogP contribution in [0.3, 0.4) is 0 Å². The number of hydrogen-bond donors (Lipinski definition) is 0. The number of pyridine rings is 2. The lowest BCUT2D eigenvalue weighted by Crippen LogP contribution is -2.25. The Morgan fingerprint density at radius 1 is 1.06 bits per heavy atom. The summed E-state index contributed by atoms with van der Waals surface area (Å²) in [6.45, 7) is 10.4. The normalized spacial score (nSPS) is 11.8. The fourth-order valence-electron chi connectivity index (χ4n) is 3.93. The van der Waals surface area contributed by atoms with Crippen LogP contribution in [0.1, 0.15) is 37.6 Å². The third-order valence-corrected chi connectivity index (χ3v) is 5.35. The van der Waals surface area contributed by atoms with E-state index in [1.807, 2.05) is 30.5 Å². The van der Waals surface area contributed by atoms with Crippen molar-refractivity contribution in [1.29, 1.82) is 0 Å². The number of rotatable bonds is 5. The summed E-state index contributed by atoms with van der Waals surface area (Å²) in [7, 11) is 0. The van der Waals surface area contributed by atoms with Crippen LogP contribution in [0.5, 0.6) is 5.75 Å². The number of nitrogens with zero attached hydrogens (tertiary/aromatic N) is 3. The van der Waals surface area contributed by atoms with Crippen molar-refractivity contribution in [2.45, 2.75) is 47.8 Å². The molecule has 0 spiro atoms. The molecule has 5 nitrogen and oxygen atoms in total. The molecule has 7 heteroatoms. The topological polar surface area (TPSA) is 48.5 Å². The SMILES string of the molecule is Cc1cc(OCc2c(F)cccc2F)c2nc(C)c(-c3ccn(CC(C)(C)C)c(=O)c3)n2c1. The maximum Gasteiger partial charge on any atom is 0.251 e. The smallest absolute Gasteiger partial charge is 0.251 e. The molecule has 33 heavy (non-hydrogen) atoms. The molecule has 3 aromatic heterocycles. The van der Waals surface area contributed by atoms with Gasteiger partial charge in [0, 0.05) is 30.6 Å². The highest BCUT2D eigenvalue weighted by atomic mass is 19.1. The summed E-state index contributed by atoms with van der Waals surface area (Å²) in [6, 6.07) is 9.02. The third-order valence-electron chi connectivity index (χ3n) is 5.35. The molecule has 3 heterocycles. The Kier molecular flexibility index (Phi) is 5.82. The third kappa shape index (κ3) is 4.67. The van der Waals surface area contributed by atoms with Crippen LogP contribution in [0.25, 0.3) is 16.9 Å². The predicted octanol–water partition coefficient (Wildman–Crippen LogP) is 5.68. The summed E-state index contributed by atoms with van der Waals surface area (Å²) >= 11 is 0. The van der Waals surface area contributed by atoms with E-state index in [9.17, 15) is 13.6 Å². The minimum atomic E-state index is -0.658. The van der Waals surface area contributed by atoms with E-state index in [1.165, 1.54) is 18.2 Å². The van der Waals surface area contributed by atoms with Crippen molar-refractivity contribution < 1.29 is 13.5 Å². The molecule has 1 aromatic carbocycles. The molecule has 0 bridgehead atoms. The summed E-state index contributed by atoms with van der Waals surface area (Å²) in [4.78, 5) is 17.4. The van der Waals surface area contributed by atoms with Crippen LogP contribution in [-0.2, 0) is 13.2 Å². The molecule has 0 fully saturated rings. The summed E-state index contributed by atoms with van der Waals surface area (Å²) in [5.74, 6) is -0.905. The number of hydrogen-bond acceptors (Lipinski definition) is 3. The number of ether oxygens (including phenoxy) is 1. The van der Waals surface area contributed by atoms with Crippen LogP contribution in [0.4, 0.5) is 8.78 Å². The molecule has 0 aliphatic heterocycles. The Morgan fingerprint density at radius 3 is 2.39 bits per heavy atom. The van der Waals surface area contributed by atoms with Crippen molar-refractivity contribution in [3.8, 4) is 17.0 Å². The standard InChI is InChI=1S/C26H27F2N3O2/c1-16-11-22(33-14-19-20(27)7-6-8-21(19)28)25-29-17(2)24(31(25)13-16)18-9-10-30(23(32)12-18)15-26(3,4)5/h6-13H,14-15H2,1-5H3. The predicted molar refractivity (Wildman–Crippen MR) is 125 cm³/mol. The fraction of sp³-hybridized carbons (Fsp3) is 0.308. The molecule has 0 saturated heterocycles. The fourth-order valence-corrected chi connectivity index (χ4v) is 3.93. The minimum Gasteiger partial charge on any atom is -0.485 e. The highest BCUT2D eigenvalue weighted by Crippen LogP contribution is 2.30. The molecule has 0 amide bonds. The van der Waals surface area contributed by atoms with Crippen LogP contribution in [0.15, 0.2) is 53.6 Å². The Balaban J connectivity index is 1.75. The minimum absolute atomic E-state index is 0.0222. The lowest BCUT2D eigenvalue weighted by molar-refractivity contribution is 0.294. The first-order chi connectivity index (χ1) is 15.5. The number of fused-ring (bicyclic) bond motifs is 1. The van der Waals surface area contributed by atoms with Crippen molar-refractivity contribution >= 4 is 5.65 Å². The number of aromatic nitrogens is 3.